The van der Waals surface area contributed by atoms with Gasteiger partial charge >= 0.3 is 6.03 Å². The number of amides is 6. The molecular formula is C27H36F2N6O5. The van der Waals surface area contributed by atoms with Crippen molar-refractivity contribution in [2.75, 3.05) is 18.4 Å². The molecule has 0 aromatic heterocycles. The van der Waals surface area contributed by atoms with Gasteiger partial charge in [-0.2, -0.15) is 0 Å². The predicted molar refractivity (Wildman–Crippen MR) is 145 cm³/mol. The quantitative estimate of drug-likeness (QED) is 0.205. The number of likely N-dealkylation sites (tertiary alicyclic amines) is 1. The average molecular weight is 563 g/mol. The largest absolute Gasteiger partial charge is 0.368 e. The Hall–Kier alpha value is -4.29. The first-order chi connectivity index (χ1) is 18.8. The fraction of sp³-hybridized carbons (Fsp3) is 0.444. The third kappa shape index (κ3) is 9.79. The molecule has 11 nitrogen and oxygen atoms in total. The van der Waals surface area contributed by atoms with Crippen molar-refractivity contribution in [3.63, 3.8) is 0 Å². The van der Waals surface area contributed by atoms with Crippen LogP contribution in [0.4, 0.5) is 19.3 Å². The van der Waals surface area contributed by atoms with Crippen LogP contribution in [0, 0.1) is 11.6 Å². The number of anilines is 1. The normalized spacial score (nSPS) is 16.8. The van der Waals surface area contributed by atoms with Crippen molar-refractivity contribution in [1.82, 2.24) is 20.9 Å². The van der Waals surface area contributed by atoms with Gasteiger partial charge < -0.3 is 31.9 Å². The van der Waals surface area contributed by atoms with Gasteiger partial charge in [-0.3, -0.25) is 19.2 Å². The summed E-state index contributed by atoms with van der Waals surface area (Å²) in [5, 5.41) is 10.1. The third-order valence-corrected chi connectivity index (χ3v) is 5.91. The number of primary amides is 1. The Bertz CT molecular complexity index is 1190. The highest BCUT2D eigenvalue weighted by atomic mass is 19.1. The molecule has 2 rings (SSSR count). The molecule has 1 aromatic carbocycles. The highest BCUT2D eigenvalue weighted by Crippen LogP contribution is 2.21. The molecule has 13 heteroatoms. The Morgan fingerprint density at radius 3 is 2.35 bits per heavy atom. The molecule has 0 radical (unpaired) electrons. The highest BCUT2D eigenvalue weighted by Gasteiger charge is 2.43. The second kappa shape index (κ2) is 14.8. The number of carbonyl (C=O) groups excluding carboxylic acids is 5. The number of hydrogen-bond acceptors (Lipinski definition) is 5. The van der Waals surface area contributed by atoms with Gasteiger partial charge in [-0.15, -0.1) is 0 Å². The van der Waals surface area contributed by atoms with Gasteiger partial charge in [-0.1, -0.05) is 11.1 Å². The molecule has 0 aliphatic carbocycles. The van der Waals surface area contributed by atoms with Crippen LogP contribution >= 0.6 is 0 Å². The van der Waals surface area contributed by atoms with Crippen molar-refractivity contribution < 1.29 is 32.8 Å². The number of nitrogens with one attached hydrogen (secondary N) is 4. The molecule has 1 heterocycles. The first kappa shape index (κ1) is 31.9. The minimum atomic E-state index is -1.20. The summed E-state index contributed by atoms with van der Waals surface area (Å²) >= 11 is 0. The van der Waals surface area contributed by atoms with E-state index in [-0.39, 0.29) is 37.5 Å². The van der Waals surface area contributed by atoms with Crippen molar-refractivity contribution in [3.8, 4) is 0 Å². The Labute approximate surface area is 231 Å². The SMILES string of the molecule is CC(C)=CC(=O)NCCCC(NC(=O)C1C(NC(=O)Nc2ccc(F)cc2F)CCN1C(=O)C=C(C)C)C(N)=O. The zero-order valence-electron chi connectivity index (χ0n) is 23.0. The molecule has 1 saturated heterocycles. The molecule has 218 valence electrons. The van der Waals surface area contributed by atoms with Crippen LogP contribution in [0.2, 0.25) is 0 Å². The Morgan fingerprint density at radius 1 is 1.07 bits per heavy atom. The van der Waals surface area contributed by atoms with E-state index in [4.69, 9.17) is 5.73 Å². The molecule has 0 spiro atoms. The van der Waals surface area contributed by atoms with E-state index in [1.165, 1.54) is 17.1 Å². The molecule has 40 heavy (non-hydrogen) atoms. The summed E-state index contributed by atoms with van der Waals surface area (Å²) in [7, 11) is 0. The van der Waals surface area contributed by atoms with E-state index in [0.29, 0.717) is 18.1 Å². The van der Waals surface area contributed by atoms with E-state index in [0.717, 1.165) is 17.7 Å². The van der Waals surface area contributed by atoms with Crippen LogP contribution in [0.3, 0.4) is 0 Å². The Morgan fingerprint density at radius 2 is 1.75 bits per heavy atom. The van der Waals surface area contributed by atoms with Crippen LogP contribution in [0.5, 0.6) is 0 Å². The lowest BCUT2D eigenvalue weighted by atomic mass is 10.1. The van der Waals surface area contributed by atoms with Crippen LogP contribution in [0.15, 0.2) is 41.5 Å². The van der Waals surface area contributed by atoms with Crippen LogP contribution < -0.4 is 27.0 Å². The monoisotopic (exact) mass is 562 g/mol. The summed E-state index contributed by atoms with van der Waals surface area (Å²) in [4.78, 5) is 64.0. The van der Waals surface area contributed by atoms with Gasteiger partial charge in [-0.25, -0.2) is 13.6 Å². The smallest absolute Gasteiger partial charge is 0.319 e. The zero-order chi connectivity index (χ0) is 30.0. The zero-order valence-corrected chi connectivity index (χ0v) is 23.0. The predicted octanol–water partition coefficient (Wildman–Crippen LogP) is 1.85. The van der Waals surface area contributed by atoms with E-state index >= 15 is 0 Å². The van der Waals surface area contributed by atoms with Crippen molar-refractivity contribution in [3.05, 3.63) is 53.1 Å². The number of urea groups is 1. The van der Waals surface area contributed by atoms with Crippen LogP contribution in [-0.4, -0.2) is 65.8 Å². The average Bonchev–Trinajstić information content (AvgIpc) is 3.25. The maximum absolute atomic E-state index is 14.0. The van der Waals surface area contributed by atoms with Crippen molar-refractivity contribution in [2.45, 2.75) is 65.1 Å². The van der Waals surface area contributed by atoms with Crippen LogP contribution in [0.1, 0.15) is 47.0 Å². The van der Waals surface area contributed by atoms with Gasteiger partial charge in [0.25, 0.3) is 0 Å². The Balaban J connectivity index is 2.14. The molecule has 6 N–H and O–H groups in total. The summed E-state index contributed by atoms with van der Waals surface area (Å²) in [5.74, 6) is -4.08. The molecule has 1 fully saturated rings. The van der Waals surface area contributed by atoms with Crippen molar-refractivity contribution in [2.24, 2.45) is 5.73 Å². The van der Waals surface area contributed by atoms with Gasteiger partial charge in [0.05, 0.1) is 11.7 Å². The van der Waals surface area contributed by atoms with Crippen molar-refractivity contribution >= 4 is 35.3 Å². The van der Waals surface area contributed by atoms with E-state index in [9.17, 15) is 32.8 Å². The number of rotatable bonds is 11. The van der Waals surface area contributed by atoms with E-state index < -0.39 is 53.5 Å². The molecule has 3 atom stereocenters. The fourth-order valence-electron chi connectivity index (χ4n) is 4.14. The van der Waals surface area contributed by atoms with Gasteiger partial charge in [0.1, 0.15) is 23.7 Å². The number of allylic oxidation sites excluding steroid dienone is 2. The summed E-state index contributed by atoms with van der Waals surface area (Å²) in [5.41, 5.74) is 6.73. The van der Waals surface area contributed by atoms with E-state index in [1.54, 1.807) is 27.7 Å². The lowest BCUT2D eigenvalue weighted by Gasteiger charge is -2.28. The van der Waals surface area contributed by atoms with Gasteiger partial charge in [-0.05, 0) is 59.1 Å². The Kier molecular flexibility index (Phi) is 11.8. The fourth-order valence-corrected chi connectivity index (χ4v) is 4.14. The molecule has 0 saturated carbocycles. The molecule has 3 unspecified atom stereocenters. The second-order valence-corrected chi connectivity index (χ2v) is 9.93. The number of halogens is 2. The van der Waals surface area contributed by atoms with Crippen LogP contribution in [0.25, 0.3) is 0 Å². The van der Waals surface area contributed by atoms with Gasteiger partial charge in [0.2, 0.25) is 23.6 Å². The first-order valence-corrected chi connectivity index (χ1v) is 12.8. The maximum atomic E-state index is 14.0. The van der Waals surface area contributed by atoms with E-state index in [2.05, 4.69) is 21.3 Å². The summed E-state index contributed by atoms with van der Waals surface area (Å²) < 4.78 is 27.2. The second-order valence-electron chi connectivity index (χ2n) is 9.93. The molecule has 1 aromatic rings. The topological polar surface area (TPSA) is 163 Å². The molecule has 0 bridgehead atoms. The van der Waals surface area contributed by atoms with E-state index in [1.807, 2.05) is 0 Å². The van der Waals surface area contributed by atoms with Gasteiger partial charge in [0.15, 0.2) is 0 Å². The molecule has 1 aliphatic rings. The maximum Gasteiger partial charge on any atom is 0.319 e. The summed E-state index contributed by atoms with van der Waals surface area (Å²) in [6, 6.07) is -1.44. The number of benzene rings is 1. The van der Waals surface area contributed by atoms with Gasteiger partial charge in [0, 0.05) is 31.3 Å². The number of nitrogens with two attached hydrogens (primary N) is 1. The van der Waals surface area contributed by atoms with Crippen LogP contribution in [-0.2, 0) is 19.2 Å². The minimum Gasteiger partial charge on any atom is -0.368 e. The standard InChI is InChI=1S/C27H36F2N6O5/c1-15(2)12-22(36)31-10-5-6-21(25(30)38)32-26(39)24-20(9-11-35(24)23(37)13-16(3)4)34-27(40)33-19-8-7-17(28)14-18(19)29/h7-8,12-14,20-21,24H,5-6,9-11H2,1-4H3,(H2,30,38)(H,31,36)(H,32,39)(H2,33,34,40). The molecule has 6 amide bonds. The number of nitrogens with zero attached hydrogens (tertiary/aromatic N) is 1. The lowest BCUT2D eigenvalue weighted by molar-refractivity contribution is -0.137. The number of hydrogen-bond donors (Lipinski definition) is 5. The lowest BCUT2D eigenvalue weighted by Crippen LogP contribution is -2.58. The minimum absolute atomic E-state index is 0.118. The first-order valence-electron chi connectivity index (χ1n) is 12.8. The summed E-state index contributed by atoms with van der Waals surface area (Å²) in [6.07, 6.45) is 3.41. The third-order valence-electron chi connectivity index (χ3n) is 5.91. The molecular weight excluding hydrogens is 526 g/mol. The van der Waals surface area contributed by atoms with Crippen molar-refractivity contribution in [1.29, 1.82) is 0 Å². The highest BCUT2D eigenvalue weighted by molar-refractivity contribution is 5.97. The number of carbonyl (C=O) groups is 5. The molecule has 1 aliphatic heterocycles. The summed E-state index contributed by atoms with van der Waals surface area (Å²) in [6.45, 7) is 7.33.